The number of benzene rings is 2. The van der Waals surface area contributed by atoms with Gasteiger partial charge in [0.1, 0.15) is 5.82 Å². The minimum Gasteiger partial charge on any atom is -0.462 e. The Hall–Kier alpha value is -3.02. The summed E-state index contributed by atoms with van der Waals surface area (Å²) in [6.45, 7) is 1.84. The van der Waals surface area contributed by atoms with E-state index in [1.54, 1.807) is 25.1 Å². The number of halogens is 1. The molecule has 1 aromatic heterocycles. The van der Waals surface area contributed by atoms with Crippen LogP contribution in [0.4, 0.5) is 4.39 Å². The number of fused-ring (bicyclic) bond motifs is 1. The Balaban J connectivity index is 2.01. The second kappa shape index (κ2) is 6.62. The summed E-state index contributed by atoms with van der Waals surface area (Å²) >= 11 is 0. The number of hydrogen-bond donors (Lipinski definition) is 1. The zero-order chi connectivity index (χ0) is 17.1. The van der Waals surface area contributed by atoms with Crippen LogP contribution in [0.3, 0.4) is 0 Å². The van der Waals surface area contributed by atoms with Gasteiger partial charge in [0.2, 0.25) is 0 Å². The fourth-order valence-electron chi connectivity index (χ4n) is 2.55. The highest BCUT2D eigenvalue weighted by Crippen LogP contribution is 2.18. The molecule has 0 bridgehead atoms. The number of rotatable bonds is 4. The highest BCUT2D eigenvalue weighted by molar-refractivity contribution is 5.90. The van der Waals surface area contributed by atoms with E-state index in [4.69, 9.17) is 4.74 Å². The van der Waals surface area contributed by atoms with Gasteiger partial charge in [0.05, 0.1) is 23.3 Å². The molecule has 0 aliphatic rings. The summed E-state index contributed by atoms with van der Waals surface area (Å²) in [7, 11) is 0. The number of H-pyrrole nitrogens is 1. The summed E-state index contributed by atoms with van der Waals surface area (Å²) in [5, 5.41) is 7.81. The minimum atomic E-state index is -0.698. The van der Waals surface area contributed by atoms with Gasteiger partial charge in [-0.3, -0.25) is 4.79 Å². The average Bonchev–Trinajstić information content (AvgIpc) is 2.59. The van der Waals surface area contributed by atoms with Crippen LogP contribution in [0.5, 0.6) is 0 Å². The van der Waals surface area contributed by atoms with Crippen molar-refractivity contribution in [1.82, 2.24) is 10.2 Å². The molecule has 1 N–H and O–H groups in total. The predicted octanol–water partition coefficient (Wildman–Crippen LogP) is 2.83. The molecule has 1 heterocycles. The molecule has 0 spiro atoms. The van der Waals surface area contributed by atoms with Gasteiger partial charge in [-0.15, -0.1) is 0 Å². The number of carbonyl (C=O) groups excluding carboxylic acids is 1. The van der Waals surface area contributed by atoms with Crippen LogP contribution in [0, 0.1) is 5.82 Å². The van der Waals surface area contributed by atoms with E-state index in [-0.39, 0.29) is 17.7 Å². The van der Waals surface area contributed by atoms with Gasteiger partial charge in [-0.25, -0.2) is 14.3 Å². The minimum absolute atomic E-state index is 0.108. The molecule has 5 nitrogen and oxygen atoms in total. The van der Waals surface area contributed by atoms with Crippen LogP contribution in [-0.4, -0.2) is 22.8 Å². The molecule has 0 aliphatic heterocycles. The molecule has 24 heavy (non-hydrogen) atoms. The third-order valence-electron chi connectivity index (χ3n) is 3.67. The molecule has 2 aromatic carbocycles. The Kier molecular flexibility index (Phi) is 4.37. The summed E-state index contributed by atoms with van der Waals surface area (Å²) in [5.74, 6) is -1.33. The molecule has 3 rings (SSSR count). The Bertz CT molecular complexity index is 966. The van der Waals surface area contributed by atoms with Crippen LogP contribution >= 0.6 is 0 Å². The lowest BCUT2D eigenvalue weighted by Gasteiger charge is -2.08. The van der Waals surface area contributed by atoms with Gasteiger partial charge in [-0.05, 0) is 30.7 Å². The smallest absolute Gasteiger partial charge is 0.341 e. The molecule has 0 saturated heterocycles. The maximum atomic E-state index is 13.8. The SMILES string of the molecule is CCOC(=O)c1cc(Cc2n[nH]c(=O)c3ccccc23)ccc1[18F]. The summed E-state index contributed by atoms with van der Waals surface area (Å²) in [5.41, 5.74) is 0.972. The Morgan fingerprint density at radius 1 is 1.21 bits per heavy atom. The van der Waals surface area contributed by atoms with Crippen molar-refractivity contribution in [2.75, 3.05) is 6.61 Å². The van der Waals surface area contributed by atoms with E-state index in [2.05, 4.69) is 10.2 Å². The normalized spacial score (nSPS) is 10.8. The van der Waals surface area contributed by atoms with E-state index in [0.717, 1.165) is 5.39 Å². The van der Waals surface area contributed by atoms with Crippen molar-refractivity contribution in [1.29, 1.82) is 0 Å². The Morgan fingerprint density at radius 3 is 2.71 bits per heavy atom. The third kappa shape index (κ3) is 3.03. The number of aromatic amines is 1. The molecule has 0 unspecified atom stereocenters. The van der Waals surface area contributed by atoms with E-state index in [9.17, 15) is 14.0 Å². The number of carbonyl (C=O) groups is 1. The van der Waals surface area contributed by atoms with E-state index >= 15 is 0 Å². The van der Waals surface area contributed by atoms with Crippen molar-refractivity contribution in [2.45, 2.75) is 13.3 Å². The number of nitrogens with one attached hydrogen (secondary N) is 1. The molecule has 0 saturated carbocycles. The number of aromatic nitrogens is 2. The molecular formula is C18H15FN2O3. The molecular weight excluding hydrogens is 310 g/mol. The quantitative estimate of drug-likeness (QED) is 0.749. The molecule has 0 amide bonds. The maximum Gasteiger partial charge on any atom is 0.341 e. The average molecular weight is 325 g/mol. The van der Waals surface area contributed by atoms with Crippen molar-refractivity contribution in [3.63, 3.8) is 0 Å². The lowest BCUT2D eigenvalue weighted by atomic mass is 10.0. The van der Waals surface area contributed by atoms with Crippen LogP contribution in [0.25, 0.3) is 10.8 Å². The molecule has 0 fully saturated rings. The summed E-state index contributed by atoms with van der Waals surface area (Å²) in [4.78, 5) is 23.6. The number of nitrogens with zero attached hydrogens (tertiary/aromatic N) is 1. The van der Waals surface area contributed by atoms with Crippen LogP contribution in [0.1, 0.15) is 28.5 Å². The van der Waals surface area contributed by atoms with Crippen LogP contribution in [0.15, 0.2) is 47.3 Å². The van der Waals surface area contributed by atoms with E-state index < -0.39 is 11.8 Å². The fourth-order valence-corrected chi connectivity index (χ4v) is 2.55. The van der Waals surface area contributed by atoms with Gasteiger partial charge in [-0.1, -0.05) is 24.3 Å². The predicted molar refractivity (Wildman–Crippen MR) is 87.5 cm³/mol. The molecule has 0 radical (unpaired) electrons. The zero-order valence-electron chi connectivity index (χ0n) is 13.0. The van der Waals surface area contributed by atoms with Crippen molar-refractivity contribution in [3.8, 4) is 0 Å². The molecule has 0 aliphatic carbocycles. The summed E-state index contributed by atoms with van der Waals surface area (Å²) < 4.78 is 18.7. The fraction of sp³-hybridized carbons (Fsp3) is 0.167. The summed E-state index contributed by atoms with van der Waals surface area (Å²) in [6, 6.07) is 11.4. The van der Waals surface area contributed by atoms with Gasteiger partial charge in [0, 0.05) is 11.8 Å². The monoisotopic (exact) mass is 325 g/mol. The molecule has 0 atom stereocenters. The first-order chi connectivity index (χ1) is 11.6. The zero-order valence-corrected chi connectivity index (χ0v) is 13.0. The van der Waals surface area contributed by atoms with Gasteiger partial charge >= 0.3 is 5.97 Å². The van der Waals surface area contributed by atoms with E-state index in [1.807, 2.05) is 12.1 Å². The number of ether oxygens (including phenoxy) is 1. The maximum absolute atomic E-state index is 13.8. The van der Waals surface area contributed by atoms with Crippen molar-refractivity contribution < 1.29 is 13.9 Å². The van der Waals surface area contributed by atoms with Gasteiger partial charge < -0.3 is 4.74 Å². The van der Waals surface area contributed by atoms with Gasteiger partial charge in [-0.2, -0.15) is 5.10 Å². The molecule has 122 valence electrons. The van der Waals surface area contributed by atoms with Crippen LogP contribution < -0.4 is 5.56 Å². The Labute approximate surface area is 137 Å². The van der Waals surface area contributed by atoms with E-state index in [0.29, 0.717) is 23.1 Å². The highest BCUT2D eigenvalue weighted by Gasteiger charge is 2.15. The van der Waals surface area contributed by atoms with Gasteiger partial charge in [0.15, 0.2) is 0 Å². The first-order valence-corrected chi connectivity index (χ1v) is 7.52. The first-order valence-electron chi connectivity index (χ1n) is 7.52. The van der Waals surface area contributed by atoms with Crippen molar-refractivity contribution in [3.05, 3.63) is 75.5 Å². The standard InChI is InChI=1S/C18H15FN2O3/c1-2-24-18(23)14-9-11(7-8-15(14)19)10-16-12-5-3-4-6-13(12)17(22)21-20-16/h3-9H,2,10H2,1H3,(H,21,22)/i19-1. The lowest BCUT2D eigenvalue weighted by Crippen LogP contribution is -2.12. The second-order valence-corrected chi connectivity index (χ2v) is 5.26. The number of esters is 1. The highest BCUT2D eigenvalue weighted by atomic mass is 18.2. The topological polar surface area (TPSA) is 72.0 Å². The third-order valence-corrected chi connectivity index (χ3v) is 3.67. The Morgan fingerprint density at radius 2 is 1.96 bits per heavy atom. The van der Waals surface area contributed by atoms with Crippen LogP contribution in [0.2, 0.25) is 0 Å². The molecule has 3 aromatic rings. The summed E-state index contributed by atoms with van der Waals surface area (Å²) in [6.07, 6.45) is 0.351. The van der Waals surface area contributed by atoms with E-state index in [1.165, 1.54) is 12.1 Å². The number of hydrogen-bond acceptors (Lipinski definition) is 4. The second-order valence-electron chi connectivity index (χ2n) is 5.26. The van der Waals surface area contributed by atoms with Gasteiger partial charge in [0.25, 0.3) is 5.56 Å². The van der Waals surface area contributed by atoms with Crippen molar-refractivity contribution in [2.24, 2.45) is 0 Å². The van der Waals surface area contributed by atoms with Crippen molar-refractivity contribution >= 4 is 16.7 Å². The largest absolute Gasteiger partial charge is 0.462 e. The molecule has 6 heteroatoms. The first kappa shape index (κ1) is 15.9. The van der Waals surface area contributed by atoms with Crippen LogP contribution in [-0.2, 0) is 11.2 Å². The lowest BCUT2D eigenvalue weighted by molar-refractivity contribution is 0.0521.